The molecule has 1 fully saturated rings. The van der Waals surface area contributed by atoms with Crippen LogP contribution in [0.15, 0.2) is 70.1 Å². The van der Waals surface area contributed by atoms with Crippen molar-refractivity contribution in [3.05, 3.63) is 76.8 Å². The first-order chi connectivity index (χ1) is 15.6. The molecule has 0 saturated heterocycles. The van der Waals surface area contributed by atoms with Crippen molar-refractivity contribution in [1.82, 2.24) is 9.55 Å². The molecule has 1 aliphatic carbocycles. The molecule has 0 aliphatic heterocycles. The second-order valence-corrected chi connectivity index (χ2v) is 8.44. The SMILES string of the molecule is NC1(c2ccc(-c3oc4ncn(CC(F)(F)F)c(=O)c4c3-c3ccccc3)cc2)CC(O)C1. The lowest BCUT2D eigenvalue weighted by molar-refractivity contribution is -0.141. The molecular formula is C24H20F3N3O3. The number of rotatable bonds is 4. The van der Waals surface area contributed by atoms with Crippen LogP contribution in [0.5, 0.6) is 0 Å². The largest absolute Gasteiger partial charge is 0.437 e. The van der Waals surface area contributed by atoms with Gasteiger partial charge in [0.15, 0.2) is 0 Å². The van der Waals surface area contributed by atoms with E-state index in [2.05, 4.69) is 4.98 Å². The van der Waals surface area contributed by atoms with Gasteiger partial charge in [0.25, 0.3) is 5.56 Å². The van der Waals surface area contributed by atoms with Crippen molar-refractivity contribution in [3.63, 3.8) is 0 Å². The van der Waals surface area contributed by atoms with Gasteiger partial charge in [0.2, 0.25) is 5.71 Å². The number of aromatic nitrogens is 2. The number of nitrogens with zero attached hydrogens (tertiary/aromatic N) is 2. The van der Waals surface area contributed by atoms with Gasteiger partial charge in [-0.2, -0.15) is 13.2 Å². The van der Waals surface area contributed by atoms with Crippen LogP contribution in [0.1, 0.15) is 18.4 Å². The van der Waals surface area contributed by atoms with Crippen LogP contribution in [-0.2, 0) is 12.1 Å². The Bertz CT molecular complexity index is 1370. The first kappa shape index (κ1) is 21.4. The zero-order valence-corrected chi connectivity index (χ0v) is 17.3. The Morgan fingerprint density at radius 2 is 1.76 bits per heavy atom. The summed E-state index contributed by atoms with van der Waals surface area (Å²) in [7, 11) is 0. The van der Waals surface area contributed by atoms with Crippen molar-refractivity contribution in [2.24, 2.45) is 5.73 Å². The average Bonchev–Trinajstić information content (AvgIpc) is 3.15. The summed E-state index contributed by atoms with van der Waals surface area (Å²) in [6.07, 6.45) is -3.20. The lowest BCUT2D eigenvalue weighted by Crippen LogP contribution is -2.51. The summed E-state index contributed by atoms with van der Waals surface area (Å²) in [5.41, 5.74) is 7.38. The molecule has 5 rings (SSSR count). The van der Waals surface area contributed by atoms with E-state index < -0.39 is 29.9 Å². The molecule has 2 aromatic carbocycles. The summed E-state index contributed by atoms with van der Waals surface area (Å²) in [5.74, 6) is 0.330. The fraction of sp³-hybridized carbons (Fsp3) is 0.250. The molecule has 0 atom stereocenters. The molecule has 0 radical (unpaired) electrons. The molecule has 0 bridgehead atoms. The third kappa shape index (κ3) is 3.83. The zero-order chi connectivity index (χ0) is 23.4. The molecule has 9 heteroatoms. The summed E-state index contributed by atoms with van der Waals surface area (Å²) < 4.78 is 45.4. The molecule has 3 N–H and O–H groups in total. The Kier molecular flexibility index (Phi) is 4.91. The van der Waals surface area contributed by atoms with Crippen molar-refractivity contribution in [2.75, 3.05) is 0 Å². The van der Waals surface area contributed by atoms with Gasteiger partial charge in [-0.3, -0.25) is 9.36 Å². The van der Waals surface area contributed by atoms with Gasteiger partial charge in [-0.1, -0.05) is 54.6 Å². The summed E-state index contributed by atoms with van der Waals surface area (Å²) in [4.78, 5) is 17.0. The Morgan fingerprint density at radius 1 is 1.09 bits per heavy atom. The number of fused-ring (bicyclic) bond motifs is 1. The molecule has 6 nitrogen and oxygen atoms in total. The summed E-state index contributed by atoms with van der Waals surface area (Å²) in [6, 6.07) is 16.1. The number of furan rings is 1. The molecule has 0 unspecified atom stereocenters. The maximum absolute atomic E-state index is 13.0. The first-order valence-corrected chi connectivity index (χ1v) is 10.4. The lowest BCUT2D eigenvalue weighted by atomic mass is 9.70. The minimum absolute atomic E-state index is 0.00978. The van der Waals surface area contributed by atoms with E-state index >= 15 is 0 Å². The van der Waals surface area contributed by atoms with Gasteiger partial charge in [0.1, 0.15) is 24.0 Å². The monoisotopic (exact) mass is 455 g/mol. The maximum atomic E-state index is 13.0. The number of alkyl halides is 3. The van der Waals surface area contributed by atoms with E-state index in [-0.39, 0.29) is 11.1 Å². The van der Waals surface area contributed by atoms with Crippen LogP contribution in [-0.4, -0.2) is 26.9 Å². The van der Waals surface area contributed by atoms with E-state index in [1.165, 1.54) is 0 Å². The predicted octanol–water partition coefficient (Wildman–Crippen LogP) is 4.19. The highest BCUT2D eigenvalue weighted by Gasteiger charge is 2.41. The van der Waals surface area contributed by atoms with E-state index in [0.717, 1.165) is 11.9 Å². The highest BCUT2D eigenvalue weighted by molar-refractivity contribution is 5.99. The first-order valence-electron chi connectivity index (χ1n) is 10.4. The highest BCUT2D eigenvalue weighted by Crippen LogP contribution is 2.42. The van der Waals surface area contributed by atoms with Gasteiger partial charge in [-0.25, -0.2) is 4.98 Å². The van der Waals surface area contributed by atoms with Gasteiger partial charge in [-0.15, -0.1) is 0 Å². The standard InChI is InChI=1S/C24H20F3N3O3/c25-24(26,27)12-30-13-29-21-19(22(30)32)18(14-4-2-1-3-5-14)20(33-21)15-6-8-16(9-7-15)23(28)10-17(31)11-23/h1-9,13,17,31H,10-12,28H2. The minimum atomic E-state index is -4.57. The van der Waals surface area contributed by atoms with Gasteiger partial charge in [0.05, 0.1) is 6.10 Å². The molecule has 1 saturated carbocycles. The fourth-order valence-electron chi connectivity index (χ4n) is 4.39. The summed E-state index contributed by atoms with van der Waals surface area (Å²) in [6.45, 7) is -1.44. The quantitative estimate of drug-likeness (QED) is 0.481. The number of aliphatic hydroxyl groups is 1. The van der Waals surface area contributed by atoms with Crippen molar-refractivity contribution >= 4 is 11.1 Å². The smallest absolute Gasteiger partial charge is 0.406 e. The summed E-state index contributed by atoms with van der Waals surface area (Å²) >= 11 is 0. The van der Waals surface area contributed by atoms with Crippen molar-refractivity contribution in [2.45, 2.75) is 37.2 Å². The Balaban J connectivity index is 1.68. The predicted molar refractivity (Wildman–Crippen MR) is 116 cm³/mol. The van der Waals surface area contributed by atoms with Crippen LogP contribution >= 0.6 is 0 Å². The number of hydrogen-bond acceptors (Lipinski definition) is 5. The van der Waals surface area contributed by atoms with Crippen LogP contribution in [0, 0.1) is 0 Å². The Morgan fingerprint density at radius 3 is 2.36 bits per heavy atom. The van der Waals surface area contributed by atoms with Crippen LogP contribution in [0.25, 0.3) is 33.6 Å². The number of benzene rings is 2. The highest BCUT2D eigenvalue weighted by atomic mass is 19.4. The fourth-order valence-corrected chi connectivity index (χ4v) is 4.39. The second-order valence-electron chi connectivity index (χ2n) is 8.44. The topological polar surface area (TPSA) is 94.3 Å². The third-order valence-electron chi connectivity index (χ3n) is 6.01. The van der Waals surface area contributed by atoms with Crippen molar-refractivity contribution in [3.8, 4) is 22.5 Å². The lowest BCUT2D eigenvalue weighted by Gasteiger charge is -2.42. The number of aliphatic hydroxyl groups excluding tert-OH is 1. The number of hydrogen-bond donors (Lipinski definition) is 2. The Hall–Kier alpha value is -3.43. The maximum Gasteiger partial charge on any atom is 0.406 e. The van der Waals surface area contributed by atoms with E-state index in [1.807, 2.05) is 12.1 Å². The molecule has 2 aromatic heterocycles. The van der Waals surface area contributed by atoms with Crippen molar-refractivity contribution < 1.29 is 22.7 Å². The van der Waals surface area contributed by atoms with Gasteiger partial charge in [0, 0.05) is 16.7 Å². The molecular weight excluding hydrogens is 435 g/mol. The van der Waals surface area contributed by atoms with Crippen LogP contribution < -0.4 is 11.3 Å². The summed E-state index contributed by atoms with van der Waals surface area (Å²) in [5, 5.41) is 9.63. The number of nitrogens with two attached hydrogens (primary N) is 1. The normalized spacial score (nSPS) is 20.7. The molecule has 170 valence electrons. The van der Waals surface area contributed by atoms with E-state index in [9.17, 15) is 23.1 Å². The van der Waals surface area contributed by atoms with Gasteiger partial charge < -0.3 is 15.3 Å². The van der Waals surface area contributed by atoms with Crippen LogP contribution in [0.4, 0.5) is 13.2 Å². The van der Waals surface area contributed by atoms with Crippen LogP contribution in [0.3, 0.4) is 0 Å². The van der Waals surface area contributed by atoms with Crippen LogP contribution in [0.2, 0.25) is 0 Å². The third-order valence-corrected chi connectivity index (χ3v) is 6.01. The van der Waals surface area contributed by atoms with Gasteiger partial charge in [-0.05, 0) is 24.0 Å². The van der Waals surface area contributed by atoms with Gasteiger partial charge >= 0.3 is 6.18 Å². The van der Waals surface area contributed by atoms with E-state index in [4.69, 9.17) is 10.2 Å². The molecule has 2 heterocycles. The molecule has 4 aromatic rings. The number of halogens is 3. The molecule has 0 amide bonds. The average molecular weight is 455 g/mol. The van der Waals surface area contributed by atoms with E-state index in [1.54, 1.807) is 42.5 Å². The molecule has 33 heavy (non-hydrogen) atoms. The zero-order valence-electron chi connectivity index (χ0n) is 17.3. The minimum Gasteiger partial charge on any atom is -0.437 e. The molecule has 0 spiro atoms. The van der Waals surface area contributed by atoms with E-state index in [0.29, 0.717) is 39.9 Å². The Labute approximate surface area is 186 Å². The second kappa shape index (κ2) is 7.57. The van der Waals surface area contributed by atoms with Crippen molar-refractivity contribution in [1.29, 1.82) is 0 Å². The molecule has 1 aliphatic rings.